The maximum atomic E-state index is 12.9. The molecule has 3 aromatic rings. The number of benzene rings is 2. The van der Waals surface area contributed by atoms with Gasteiger partial charge in [0.25, 0.3) is 5.91 Å². The number of ether oxygens (including phenoxy) is 1. The zero-order chi connectivity index (χ0) is 17.9. The largest absolute Gasteiger partial charge is 0.378 e. The van der Waals surface area contributed by atoms with Gasteiger partial charge in [0.15, 0.2) is 11.6 Å². The first kappa shape index (κ1) is 16.5. The van der Waals surface area contributed by atoms with Gasteiger partial charge in [0.2, 0.25) is 0 Å². The van der Waals surface area contributed by atoms with Gasteiger partial charge in [0, 0.05) is 29.8 Å². The highest BCUT2D eigenvalue weighted by Crippen LogP contribution is 2.23. The molecule has 0 saturated carbocycles. The molecule has 1 N–H and O–H groups in total. The SMILES string of the molecule is Cc1ccc(-c2n[nH]c(-c3ccccc3)n2)cc1C(=O)N1CCOCC1. The molecule has 1 amide bonds. The molecule has 1 aliphatic heterocycles. The highest BCUT2D eigenvalue weighted by molar-refractivity contribution is 5.96. The number of nitrogens with zero attached hydrogens (tertiary/aromatic N) is 3. The second kappa shape index (κ2) is 7.09. The maximum absolute atomic E-state index is 12.9. The average molecular weight is 348 g/mol. The Labute approximate surface area is 151 Å². The second-order valence-electron chi connectivity index (χ2n) is 6.31. The van der Waals surface area contributed by atoms with Crippen LogP contribution in [-0.2, 0) is 4.74 Å². The molecule has 0 unspecified atom stereocenters. The summed E-state index contributed by atoms with van der Waals surface area (Å²) >= 11 is 0. The predicted octanol–water partition coefficient (Wildman–Crippen LogP) is 2.92. The molecule has 6 nitrogen and oxygen atoms in total. The minimum absolute atomic E-state index is 0.0338. The molecule has 4 rings (SSSR count). The zero-order valence-corrected chi connectivity index (χ0v) is 14.6. The van der Waals surface area contributed by atoms with Gasteiger partial charge in [0.05, 0.1) is 13.2 Å². The summed E-state index contributed by atoms with van der Waals surface area (Å²) in [5, 5.41) is 7.30. The molecule has 0 bridgehead atoms. The number of aromatic nitrogens is 3. The van der Waals surface area contributed by atoms with Crippen LogP contribution in [0.5, 0.6) is 0 Å². The summed E-state index contributed by atoms with van der Waals surface area (Å²) in [6.45, 7) is 4.38. The number of amides is 1. The van der Waals surface area contributed by atoms with Crippen LogP contribution in [0.4, 0.5) is 0 Å². The van der Waals surface area contributed by atoms with E-state index in [1.807, 2.05) is 60.4 Å². The van der Waals surface area contributed by atoms with E-state index < -0.39 is 0 Å². The Kier molecular flexibility index (Phi) is 4.50. The van der Waals surface area contributed by atoms with E-state index >= 15 is 0 Å². The zero-order valence-electron chi connectivity index (χ0n) is 14.6. The van der Waals surface area contributed by atoms with Crippen molar-refractivity contribution in [2.24, 2.45) is 0 Å². The number of rotatable bonds is 3. The second-order valence-corrected chi connectivity index (χ2v) is 6.31. The van der Waals surface area contributed by atoms with Crippen LogP contribution in [0.2, 0.25) is 0 Å². The molecule has 1 fully saturated rings. The summed E-state index contributed by atoms with van der Waals surface area (Å²) < 4.78 is 5.34. The molecule has 0 aliphatic carbocycles. The lowest BCUT2D eigenvalue weighted by Crippen LogP contribution is -2.40. The minimum Gasteiger partial charge on any atom is -0.378 e. The molecular formula is C20H20N4O2. The molecule has 2 heterocycles. The summed E-state index contributed by atoms with van der Waals surface area (Å²) in [6.07, 6.45) is 0. The Hall–Kier alpha value is -2.99. The predicted molar refractivity (Wildman–Crippen MR) is 98.7 cm³/mol. The van der Waals surface area contributed by atoms with Crippen LogP contribution in [0.25, 0.3) is 22.8 Å². The third-order valence-corrected chi connectivity index (χ3v) is 4.56. The first-order valence-electron chi connectivity index (χ1n) is 8.68. The fourth-order valence-electron chi connectivity index (χ4n) is 3.04. The monoisotopic (exact) mass is 348 g/mol. The van der Waals surface area contributed by atoms with E-state index in [1.165, 1.54) is 0 Å². The Morgan fingerprint density at radius 1 is 1.08 bits per heavy atom. The van der Waals surface area contributed by atoms with Crippen molar-refractivity contribution in [3.05, 3.63) is 59.7 Å². The van der Waals surface area contributed by atoms with Gasteiger partial charge >= 0.3 is 0 Å². The van der Waals surface area contributed by atoms with Gasteiger partial charge in [-0.3, -0.25) is 9.89 Å². The van der Waals surface area contributed by atoms with Crippen molar-refractivity contribution in [3.8, 4) is 22.8 Å². The first-order chi connectivity index (χ1) is 12.7. The van der Waals surface area contributed by atoms with Crippen LogP contribution < -0.4 is 0 Å². The molecule has 1 aromatic heterocycles. The normalized spacial score (nSPS) is 14.4. The average Bonchev–Trinajstić information content (AvgIpc) is 3.19. The fourth-order valence-corrected chi connectivity index (χ4v) is 3.04. The number of aromatic amines is 1. The van der Waals surface area contributed by atoms with Crippen LogP contribution in [0.3, 0.4) is 0 Å². The number of hydrogen-bond donors (Lipinski definition) is 1. The third kappa shape index (κ3) is 3.23. The van der Waals surface area contributed by atoms with Gasteiger partial charge in [-0.05, 0) is 18.6 Å². The Balaban J connectivity index is 1.64. The van der Waals surface area contributed by atoms with E-state index in [2.05, 4.69) is 15.2 Å². The van der Waals surface area contributed by atoms with Crippen LogP contribution in [0.15, 0.2) is 48.5 Å². The Morgan fingerprint density at radius 3 is 2.62 bits per heavy atom. The van der Waals surface area contributed by atoms with Crippen LogP contribution in [0.1, 0.15) is 15.9 Å². The lowest BCUT2D eigenvalue weighted by atomic mass is 10.0. The smallest absolute Gasteiger partial charge is 0.254 e. The summed E-state index contributed by atoms with van der Waals surface area (Å²) in [5.74, 6) is 1.33. The van der Waals surface area contributed by atoms with E-state index in [0.717, 1.165) is 16.7 Å². The van der Waals surface area contributed by atoms with Gasteiger partial charge in [-0.1, -0.05) is 42.5 Å². The highest BCUT2D eigenvalue weighted by Gasteiger charge is 2.21. The van der Waals surface area contributed by atoms with E-state index in [-0.39, 0.29) is 5.91 Å². The molecule has 132 valence electrons. The van der Waals surface area contributed by atoms with Crippen molar-refractivity contribution in [3.63, 3.8) is 0 Å². The van der Waals surface area contributed by atoms with E-state index in [0.29, 0.717) is 43.5 Å². The molecule has 0 spiro atoms. The quantitative estimate of drug-likeness (QED) is 0.790. The number of morpholine rings is 1. The molecule has 6 heteroatoms. The van der Waals surface area contributed by atoms with Crippen LogP contribution >= 0.6 is 0 Å². The highest BCUT2D eigenvalue weighted by atomic mass is 16.5. The van der Waals surface area contributed by atoms with Gasteiger partial charge in [-0.25, -0.2) is 4.98 Å². The number of hydrogen-bond acceptors (Lipinski definition) is 4. The maximum Gasteiger partial charge on any atom is 0.254 e. The van der Waals surface area contributed by atoms with Crippen molar-refractivity contribution >= 4 is 5.91 Å². The number of H-pyrrole nitrogens is 1. The van der Waals surface area contributed by atoms with Crippen molar-refractivity contribution in [1.29, 1.82) is 0 Å². The molecule has 1 aliphatic rings. The Bertz CT molecular complexity index is 915. The van der Waals surface area contributed by atoms with Crippen LogP contribution in [-0.4, -0.2) is 52.3 Å². The first-order valence-corrected chi connectivity index (χ1v) is 8.68. The van der Waals surface area contributed by atoms with Gasteiger partial charge in [-0.2, -0.15) is 5.10 Å². The van der Waals surface area contributed by atoms with Gasteiger partial charge < -0.3 is 9.64 Å². The van der Waals surface area contributed by atoms with Gasteiger partial charge in [0.1, 0.15) is 0 Å². The van der Waals surface area contributed by atoms with E-state index in [9.17, 15) is 4.79 Å². The summed E-state index contributed by atoms with van der Waals surface area (Å²) in [6, 6.07) is 15.6. The molecule has 26 heavy (non-hydrogen) atoms. The van der Waals surface area contributed by atoms with Crippen molar-refractivity contribution in [1.82, 2.24) is 20.1 Å². The molecule has 0 atom stereocenters. The van der Waals surface area contributed by atoms with Gasteiger partial charge in [-0.15, -0.1) is 0 Å². The lowest BCUT2D eigenvalue weighted by molar-refractivity contribution is 0.0302. The number of nitrogens with one attached hydrogen (secondary N) is 1. The molecular weight excluding hydrogens is 328 g/mol. The standard InChI is InChI=1S/C20H20N4O2/c1-14-7-8-16(13-17(14)20(25)24-9-11-26-12-10-24)19-21-18(22-23-19)15-5-3-2-4-6-15/h2-8,13H,9-12H2,1H3,(H,21,22,23). The summed E-state index contributed by atoms with van der Waals surface area (Å²) in [5.41, 5.74) is 3.44. The number of carbonyl (C=O) groups excluding carboxylic acids is 1. The number of carbonyl (C=O) groups is 1. The molecule has 0 radical (unpaired) electrons. The third-order valence-electron chi connectivity index (χ3n) is 4.56. The van der Waals surface area contributed by atoms with Crippen molar-refractivity contribution in [2.75, 3.05) is 26.3 Å². The molecule has 2 aromatic carbocycles. The fraction of sp³-hybridized carbons (Fsp3) is 0.250. The summed E-state index contributed by atoms with van der Waals surface area (Å²) in [7, 11) is 0. The Morgan fingerprint density at radius 2 is 1.85 bits per heavy atom. The van der Waals surface area contributed by atoms with Crippen molar-refractivity contribution < 1.29 is 9.53 Å². The number of aryl methyl sites for hydroxylation is 1. The molecule has 1 saturated heterocycles. The van der Waals surface area contributed by atoms with Crippen molar-refractivity contribution in [2.45, 2.75) is 6.92 Å². The van der Waals surface area contributed by atoms with Crippen LogP contribution in [0, 0.1) is 6.92 Å². The minimum atomic E-state index is 0.0338. The van der Waals surface area contributed by atoms with E-state index in [1.54, 1.807) is 0 Å². The topological polar surface area (TPSA) is 71.1 Å². The summed E-state index contributed by atoms with van der Waals surface area (Å²) in [4.78, 5) is 19.3. The van der Waals surface area contributed by atoms with E-state index in [4.69, 9.17) is 4.74 Å². The lowest BCUT2D eigenvalue weighted by Gasteiger charge is -2.27.